The second-order valence-corrected chi connectivity index (χ2v) is 3.16. The van der Waals surface area contributed by atoms with Crippen LogP contribution in [0.25, 0.3) is 0 Å². The fraction of sp³-hybridized carbons (Fsp3) is 0.333. The van der Waals surface area contributed by atoms with E-state index in [1.54, 1.807) is 38.3 Å². The minimum atomic E-state index is -0.676. The maximum absolute atomic E-state index is 11.5. The number of rotatable bonds is 4. The van der Waals surface area contributed by atoms with Crippen molar-refractivity contribution >= 4 is 5.78 Å². The van der Waals surface area contributed by atoms with Gasteiger partial charge in [-0.1, -0.05) is 19.1 Å². The van der Waals surface area contributed by atoms with E-state index in [1.807, 2.05) is 6.07 Å². The van der Waals surface area contributed by atoms with Gasteiger partial charge in [0.25, 0.3) is 0 Å². The zero-order valence-corrected chi connectivity index (χ0v) is 8.86. The highest BCUT2D eigenvalue weighted by Gasteiger charge is 2.18. The number of nitrogens with zero attached hydrogens (tertiary/aromatic N) is 1. The fourth-order valence-electron chi connectivity index (χ4n) is 1.36. The van der Waals surface area contributed by atoms with Gasteiger partial charge >= 0.3 is 0 Å². The second-order valence-electron chi connectivity index (χ2n) is 3.16. The summed E-state index contributed by atoms with van der Waals surface area (Å²) in [6.45, 7) is 1.76. The molecule has 0 spiro atoms. The molecule has 1 rings (SSSR count). The van der Waals surface area contributed by atoms with Gasteiger partial charge in [0.15, 0.2) is 5.78 Å². The van der Waals surface area contributed by atoms with Gasteiger partial charge in [-0.2, -0.15) is 5.26 Å². The van der Waals surface area contributed by atoms with Crippen LogP contribution in [0.5, 0.6) is 5.75 Å². The van der Waals surface area contributed by atoms with Gasteiger partial charge in [-0.15, -0.1) is 0 Å². The molecule has 0 aliphatic heterocycles. The summed E-state index contributed by atoms with van der Waals surface area (Å²) in [5.41, 5.74) is 0.698. The Morgan fingerprint density at radius 1 is 1.60 bits per heavy atom. The van der Waals surface area contributed by atoms with Gasteiger partial charge in [0.1, 0.15) is 11.7 Å². The van der Waals surface area contributed by atoms with E-state index in [4.69, 9.17) is 10.00 Å². The first-order valence-corrected chi connectivity index (χ1v) is 4.79. The van der Waals surface area contributed by atoms with Gasteiger partial charge in [-0.3, -0.25) is 4.79 Å². The zero-order chi connectivity index (χ0) is 11.3. The number of nitriles is 1. The third-order valence-electron chi connectivity index (χ3n) is 2.23. The summed E-state index contributed by atoms with van der Waals surface area (Å²) in [5.74, 6) is -0.0764. The molecule has 1 aromatic carbocycles. The van der Waals surface area contributed by atoms with E-state index in [-0.39, 0.29) is 5.78 Å². The molecule has 0 fully saturated rings. The Morgan fingerprint density at radius 2 is 2.33 bits per heavy atom. The lowest BCUT2D eigenvalue weighted by Crippen LogP contribution is -2.09. The highest BCUT2D eigenvalue weighted by Crippen LogP contribution is 2.21. The van der Waals surface area contributed by atoms with Crippen molar-refractivity contribution in [1.29, 1.82) is 5.26 Å². The molecule has 0 bridgehead atoms. The van der Waals surface area contributed by atoms with E-state index < -0.39 is 5.92 Å². The molecule has 78 valence electrons. The largest absolute Gasteiger partial charge is 0.497 e. The Morgan fingerprint density at radius 3 is 2.87 bits per heavy atom. The lowest BCUT2D eigenvalue weighted by atomic mass is 9.95. The Labute approximate surface area is 89.3 Å². The summed E-state index contributed by atoms with van der Waals surface area (Å²) in [6.07, 6.45) is 0.370. The summed E-state index contributed by atoms with van der Waals surface area (Å²) in [6, 6.07) is 9.07. The number of methoxy groups -OCH3 is 1. The standard InChI is InChI=1S/C12H13NO2/c1-3-12(14)11(8-13)9-5-4-6-10(7-9)15-2/h4-7,11H,3H2,1-2H3. The fourth-order valence-corrected chi connectivity index (χ4v) is 1.36. The molecule has 0 aromatic heterocycles. The predicted octanol–water partition coefficient (Wildman–Crippen LogP) is 2.28. The maximum Gasteiger partial charge on any atom is 0.154 e. The van der Waals surface area contributed by atoms with E-state index in [0.29, 0.717) is 17.7 Å². The third-order valence-corrected chi connectivity index (χ3v) is 2.23. The number of Topliss-reactive ketones (excluding diaryl/α,β-unsaturated/α-hetero) is 1. The van der Waals surface area contributed by atoms with E-state index in [1.165, 1.54) is 0 Å². The van der Waals surface area contributed by atoms with Gasteiger partial charge < -0.3 is 4.74 Å². The van der Waals surface area contributed by atoms with Crippen LogP contribution < -0.4 is 4.74 Å². The molecule has 3 heteroatoms. The second kappa shape index (κ2) is 5.16. The number of ether oxygens (including phenoxy) is 1. The molecule has 3 nitrogen and oxygen atoms in total. The van der Waals surface area contributed by atoms with Gasteiger partial charge in [0.2, 0.25) is 0 Å². The van der Waals surface area contributed by atoms with Crippen LogP contribution >= 0.6 is 0 Å². The van der Waals surface area contributed by atoms with E-state index in [9.17, 15) is 4.79 Å². The number of ketones is 1. The molecule has 0 radical (unpaired) electrons. The number of hydrogen-bond acceptors (Lipinski definition) is 3. The smallest absolute Gasteiger partial charge is 0.154 e. The van der Waals surface area contributed by atoms with Crippen LogP contribution in [0.4, 0.5) is 0 Å². The quantitative estimate of drug-likeness (QED) is 0.754. The van der Waals surface area contributed by atoms with Crippen molar-refractivity contribution in [2.75, 3.05) is 7.11 Å². The van der Waals surface area contributed by atoms with Crippen molar-refractivity contribution in [3.63, 3.8) is 0 Å². The molecular weight excluding hydrogens is 190 g/mol. The summed E-state index contributed by atoms with van der Waals surface area (Å²) in [4.78, 5) is 11.5. The molecule has 0 aliphatic carbocycles. The van der Waals surface area contributed by atoms with Gasteiger partial charge in [0.05, 0.1) is 13.2 Å². The van der Waals surface area contributed by atoms with Crippen LogP contribution in [0.3, 0.4) is 0 Å². The first-order chi connectivity index (χ1) is 7.22. The van der Waals surface area contributed by atoms with Crippen molar-refractivity contribution in [3.05, 3.63) is 29.8 Å². The number of carbonyl (C=O) groups excluding carboxylic acids is 1. The highest BCUT2D eigenvalue weighted by molar-refractivity contribution is 5.88. The molecular formula is C12H13NO2. The highest BCUT2D eigenvalue weighted by atomic mass is 16.5. The van der Waals surface area contributed by atoms with Crippen LogP contribution in [-0.2, 0) is 4.79 Å². The molecule has 15 heavy (non-hydrogen) atoms. The molecule has 0 saturated carbocycles. The summed E-state index contributed by atoms with van der Waals surface area (Å²) < 4.78 is 5.04. The van der Waals surface area contributed by atoms with Crippen molar-refractivity contribution < 1.29 is 9.53 Å². The van der Waals surface area contributed by atoms with Crippen molar-refractivity contribution in [2.45, 2.75) is 19.3 Å². The molecule has 1 aromatic rings. The van der Waals surface area contributed by atoms with E-state index >= 15 is 0 Å². The Kier molecular flexibility index (Phi) is 3.87. The normalized spacial score (nSPS) is 11.5. The minimum Gasteiger partial charge on any atom is -0.497 e. The van der Waals surface area contributed by atoms with Gasteiger partial charge in [0, 0.05) is 6.42 Å². The van der Waals surface area contributed by atoms with Crippen LogP contribution in [-0.4, -0.2) is 12.9 Å². The SMILES string of the molecule is CCC(=O)C(C#N)c1cccc(OC)c1. The van der Waals surface area contributed by atoms with Gasteiger partial charge in [-0.05, 0) is 17.7 Å². The van der Waals surface area contributed by atoms with Crippen molar-refractivity contribution in [1.82, 2.24) is 0 Å². The molecule has 1 atom stereocenters. The maximum atomic E-state index is 11.5. The summed E-state index contributed by atoms with van der Waals surface area (Å²) in [5, 5.41) is 8.93. The summed E-state index contributed by atoms with van der Waals surface area (Å²) >= 11 is 0. The van der Waals surface area contributed by atoms with Crippen LogP contribution in [0.2, 0.25) is 0 Å². The Balaban J connectivity index is 3.03. The van der Waals surface area contributed by atoms with Crippen LogP contribution in [0.1, 0.15) is 24.8 Å². The first kappa shape index (κ1) is 11.3. The third kappa shape index (κ3) is 2.57. The minimum absolute atomic E-state index is 0.0641. The van der Waals surface area contributed by atoms with Crippen LogP contribution in [0, 0.1) is 11.3 Å². The molecule has 0 aliphatic rings. The zero-order valence-electron chi connectivity index (χ0n) is 8.86. The monoisotopic (exact) mass is 203 g/mol. The number of benzene rings is 1. The summed E-state index contributed by atoms with van der Waals surface area (Å²) in [7, 11) is 1.56. The molecule has 0 saturated heterocycles. The van der Waals surface area contributed by atoms with Crippen molar-refractivity contribution in [3.8, 4) is 11.8 Å². The average molecular weight is 203 g/mol. The average Bonchev–Trinajstić information content (AvgIpc) is 2.30. The Hall–Kier alpha value is -1.82. The number of hydrogen-bond donors (Lipinski definition) is 0. The first-order valence-electron chi connectivity index (χ1n) is 4.79. The van der Waals surface area contributed by atoms with Gasteiger partial charge in [-0.25, -0.2) is 0 Å². The van der Waals surface area contributed by atoms with Crippen molar-refractivity contribution in [2.24, 2.45) is 0 Å². The predicted molar refractivity (Wildman–Crippen MR) is 56.6 cm³/mol. The topological polar surface area (TPSA) is 50.1 Å². The molecule has 0 N–H and O–H groups in total. The Bertz CT molecular complexity index is 393. The van der Waals surface area contributed by atoms with E-state index in [2.05, 4.69) is 0 Å². The lowest BCUT2D eigenvalue weighted by molar-refractivity contribution is -0.119. The van der Waals surface area contributed by atoms with E-state index in [0.717, 1.165) is 0 Å². The number of carbonyl (C=O) groups is 1. The molecule has 0 heterocycles. The molecule has 0 amide bonds. The lowest BCUT2D eigenvalue weighted by Gasteiger charge is -2.08. The van der Waals surface area contributed by atoms with Crippen LogP contribution in [0.15, 0.2) is 24.3 Å². The molecule has 1 unspecified atom stereocenters.